The van der Waals surface area contributed by atoms with E-state index in [1.807, 2.05) is 20.0 Å². The van der Waals surface area contributed by atoms with Crippen LogP contribution in [0.2, 0.25) is 0 Å². The minimum absolute atomic E-state index is 0.0321. The van der Waals surface area contributed by atoms with Crippen LogP contribution in [0, 0.1) is 0 Å². The number of pyridine rings is 1. The van der Waals surface area contributed by atoms with E-state index in [0.29, 0.717) is 5.56 Å². The molecule has 4 nitrogen and oxygen atoms in total. The topological polar surface area (TPSA) is 54.0 Å². The maximum Gasteiger partial charge on any atom is 0.251 e. The predicted octanol–water partition coefficient (Wildman–Crippen LogP) is 3.34. The van der Waals surface area contributed by atoms with Crippen molar-refractivity contribution in [1.29, 1.82) is 0 Å². The molecule has 1 aromatic rings. The summed E-state index contributed by atoms with van der Waals surface area (Å²) in [5.74, 6) is 0.695. The zero-order valence-electron chi connectivity index (χ0n) is 13.5. The second-order valence-electron chi connectivity index (χ2n) is 6.29. The third kappa shape index (κ3) is 4.51. The van der Waals surface area contributed by atoms with Gasteiger partial charge in [-0.3, -0.25) is 4.79 Å². The van der Waals surface area contributed by atoms with Crippen LogP contribution in [-0.2, 0) is 5.41 Å². The smallest absolute Gasteiger partial charge is 0.251 e. The van der Waals surface area contributed by atoms with Crippen LogP contribution in [0.3, 0.4) is 0 Å². The van der Waals surface area contributed by atoms with Gasteiger partial charge in [-0.25, -0.2) is 4.98 Å². The second kappa shape index (κ2) is 6.73. The number of aromatic nitrogens is 1. The van der Waals surface area contributed by atoms with Gasteiger partial charge in [0, 0.05) is 29.8 Å². The molecule has 0 fully saturated rings. The van der Waals surface area contributed by atoms with Crippen LogP contribution in [0.5, 0.6) is 0 Å². The van der Waals surface area contributed by atoms with Gasteiger partial charge in [0.05, 0.1) is 0 Å². The summed E-state index contributed by atoms with van der Waals surface area (Å²) in [6, 6.07) is 3.87. The number of carbonyl (C=O) groups excluding carboxylic acids is 1. The van der Waals surface area contributed by atoms with Gasteiger partial charge in [0.2, 0.25) is 0 Å². The Hall–Kier alpha value is -1.58. The summed E-state index contributed by atoms with van der Waals surface area (Å²) in [5, 5.41) is 6.05. The van der Waals surface area contributed by atoms with Crippen molar-refractivity contribution >= 4 is 11.7 Å². The molecule has 20 heavy (non-hydrogen) atoms. The number of nitrogens with one attached hydrogen (secondary N) is 2. The van der Waals surface area contributed by atoms with Gasteiger partial charge >= 0.3 is 0 Å². The van der Waals surface area contributed by atoms with Gasteiger partial charge < -0.3 is 10.6 Å². The molecule has 0 aliphatic carbocycles. The highest BCUT2D eigenvalue weighted by Gasteiger charge is 2.19. The van der Waals surface area contributed by atoms with E-state index in [9.17, 15) is 4.79 Å². The van der Waals surface area contributed by atoms with E-state index in [0.717, 1.165) is 24.4 Å². The van der Waals surface area contributed by atoms with E-state index in [-0.39, 0.29) is 17.4 Å². The molecular weight excluding hydrogens is 250 g/mol. The zero-order valence-corrected chi connectivity index (χ0v) is 13.5. The Labute approximate surface area is 122 Å². The summed E-state index contributed by atoms with van der Waals surface area (Å²) in [4.78, 5) is 16.8. The van der Waals surface area contributed by atoms with E-state index < -0.39 is 0 Å². The second-order valence-corrected chi connectivity index (χ2v) is 6.29. The lowest BCUT2D eigenvalue weighted by atomic mass is 9.90. The highest BCUT2D eigenvalue weighted by Crippen LogP contribution is 2.23. The van der Waals surface area contributed by atoms with E-state index in [1.54, 1.807) is 6.07 Å². The standard InChI is InChI=1S/C16H27N3O/c1-7-8-11(2)18-15(20)12-9-13(16(3,4)5)19-14(10-12)17-6/h9-11H,7-8H2,1-6H3,(H,17,19)(H,18,20). The summed E-state index contributed by atoms with van der Waals surface area (Å²) in [6.45, 7) is 10.4. The number of nitrogens with zero attached hydrogens (tertiary/aromatic N) is 1. The quantitative estimate of drug-likeness (QED) is 0.868. The summed E-state index contributed by atoms with van der Waals surface area (Å²) in [6.07, 6.45) is 2.05. The highest BCUT2D eigenvalue weighted by atomic mass is 16.1. The molecule has 0 spiro atoms. The number of carbonyl (C=O) groups is 1. The monoisotopic (exact) mass is 277 g/mol. The fourth-order valence-electron chi connectivity index (χ4n) is 1.99. The summed E-state index contributed by atoms with van der Waals surface area (Å²) < 4.78 is 0. The van der Waals surface area contributed by atoms with Crippen LogP contribution in [0.1, 0.15) is 63.5 Å². The molecule has 1 atom stereocenters. The van der Waals surface area contributed by atoms with Crippen molar-refractivity contribution in [2.75, 3.05) is 12.4 Å². The normalized spacial score (nSPS) is 12.9. The van der Waals surface area contributed by atoms with Crippen molar-refractivity contribution in [3.63, 3.8) is 0 Å². The van der Waals surface area contributed by atoms with E-state index >= 15 is 0 Å². The third-order valence-electron chi connectivity index (χ3n) is 3.21. The lowest BCUT2D eigenvalue weighted by molar-refractivity contribution is 0.0938. The Bertz CT molecular complexity index is 463. The highest BCUT2D eigenvalue weighted by molar-refractivity contribution is 5.95. The molecule has 0 aliphatic heterocycles. The maximum absolute atomic E-state index is 12.3. The van der Waals surface area contributed by atoms with Crippen molar-refractivity contribution in [2.45, 2.75) is 58.9 Å². The van der Waals surface area contributed by atoms with Gasteiger partial charge in [-0.15, -0.1) is 0 Å². The molecule has 1 aromatic heterocycles. The minimum atomic E-state index is -0.0864. The largest absolute Gasteiger partial charge is 0.373 e. The molecule has 0 saturated heterocycles. The van der Waals surface area contributed by atoms with Crippen LogP contribution in [0.25, 0.3) is 0 Å². The Balaban J connectivity index is 3.02. The van der Waals surface area contributed by atoms with Crippen molar-refractivity contribution < 1.29 is 4.79 Å². The summed E-state index contributed by atoms with van der Waals surface area (Å²) in [5.41, 5.74) is 1.49. The molecule has 0 aromatic carbocycles. The fraction of sp³-hybridized carbons (Fsp3) is 0.625. The van der Waals surface area contributed by atoms with Crippen molar-refractivity contribution in [3.05, 3.63) is 23.4 Å². The average molecular weight is 277 g/mol. The van der Waals surface area contributed by atoms with Gasteiger partial charge in [0.25, 0.3) is 5.91 Å². The number of hydrogen-bond donors (Lipinski definition) is 2. The minimum Gasteiger partial charge on any atom is -0.373 e. The molecule has 4 heteroatoms. The fourth-order valence-corrected chi connectivity index (χ4v) is 1.99. The molecule has 1 unspecified atom stereocenters. The lowest BCUT2D eigenvalue weighted by Crippen LogP contribution is -2.32. The SMILES string of the molecule is CCCC(C)NC(=O)c1cc(NC)nc(C(C)(C)C)c1. The van der Waals surface area contributed by atoms with Gasteiger partial charge in [0.15, 0.2) is 0 Å². The first kappa shape index (κ1) is 16.5. The summed E-state index contributed by atoms with van der Waals surface area (Å²) >= 11 is 0. The Morgan fingerprint density at radius 1 is 1.35 bits per heavy atom. The number of hydrogen-bond acceptors (Lipinski definition) is 3. The first-order chi connectivity index (χ1) is 9.27. The maximum atomic E-state index is 12.3. The van der Waals surface area contributed by atoms with Gasteiger partial charge in [-0.2, -0.15) is 0 Å². The summed E-state index contributed by atoms with van der Waals surface area (Å²) in [7, 11) is 1.82. The molecule has 1 amide bonds. The Morgan fingerprint density at radius 2 is 2.00 bits per heavy atom. The number of amides is 1. The molecular formula is C16H27N3O. The molecule has 1 heterocycles. The van der Waals surface area contributed by atoms with Crippen LogP contribution in [0.4, 0.5) is 5.82 Å². The number of anilines is 1. The van der Waals surface area contributed by atoms with Gasteiger partial charge in [-0.05, 0) is 25.5 Å². The van der Waals surface area contributed by atoms with Gasteiger partial charge in [-0.1, -0.05) is 34.1 Å². The molecule has 0 aliphatic rings. The van der Waals surface area contributed by atoms with E-state index in [2.05, 4.69) is 43.3 Å². The van der Waals surface area contributed by atoms with Crippen LogP contribution in [0.15, 0.2) is 12.1 Å². The predicted molar refractivity (Wildman–Crippen MR) is 84.3 cm³/mol. The van der Waals surface area contributed by atoms with Crippen molar-refractivity contribution in [3.8, 4) is 0 Å². The van der Waals surface area contributed by atoms with Crippen LogP contribution < -0.4 is 10.6 Å². The first-order valence-corrected chi connectivity index (χ1v) is 7.29. The van der Waals surface area contributed by atoms with Crippen LogP contribution >= 0.6 is 0 Å². The van der Waals surface area contributed by atoms with Crippen LogP contribution in [-0.4, -0.2) is 24.0 Å². The molecule has 2 N–H and O–H groups in total. The molecule has 1 rings (SSSR count). The molecule has 112 valence electrons. The first-order valence-electron chi connectivity index (χ1n) is 7.29. The molecule has 0 bridgehead atoms. The van der Waals surface area contributed by atoms with E-state index in [1.165, 1.54) is 0 Å². The average Bonchev–Trinajstić information content (AvgIpc) is 2.37. The molecule has 0 saturated carbocycles. The van der Waals surface area contributed by atoms with Crippen molar-refractivity contribution in [1.82, 2.24) is 10.3 Å². The Kier molecular flexibility index (Phi) is 5.54. The number of rotatable bonds is 5. The third-order valence-corrected chi connectivity index (χ3v) is 3.21. The Morgan fingerprint density at radius 3 is 2.50 bits per heavy atom. The zero-order chi connectivity index (χ0) is 15.3. The van der Waals surface area contributed by atoms with Crippen molar-refractivity contribution in [2.24, 2.45) is 0 Å². The molecule has 0 radical (unpaired) electrons. The van der Waals surface area contributed by atoms with E-state index in [4.69, 9.17) is 0 Å². The van der Waals surface area contributed by atoms with Gasteiger partial charge in [0.1, 0.15) is 5.82 Å². The lowest BCUT2D eigenvalue weighted by Gasteiger charge is -2.20.